The summed E-state index contributed by atoms with van der Waals surface area (Å²) in [6.45, 7) is 3.84. The van der Waals surface area contributed by atoms with E-state index in [9.17, 15) is 22.8 Å². The molecule has 0 unspecified atom stereocenters. The lowest BCUT2D eigenvalue weighted by Crippen LogP contribution is -2.15. The van der Waals surface area contributed by atoms with E-state index in [0.717, 1.165) is 23.3 Å². The monoisotopic (exact) mass is 398 g/mol. The summed E-state index contributed by atoms with van der Waals surface area (Å²) in [6.07, 6.45) is 0. The SMILES string of the molecule is Cc1cccc(NC(=O)c2ccc(C(=O)Nc3ccc(F)c(F)c3F)cc2)c1C. The molecule has 0 atom stereocenters. The number of halogens is 3. The van der Waals surface area contributed by atoms with Crippen molar-refractivity contribution in [2.45, 2.75) is 13.8 Å². The smallest absolute Gasteiger partial charge is 0.255 e. The molecular formula is C22H17F3N2O2. The van der Waals surface area contributed by atoms with E-state index in [-0.39, 0.29) is 11.5 Å². The highest BCUT2D eigenvalue weighted by Crippen LogP contribution is 2.21. The van der Waals surface area contributed by atoms with Crippen molar-refractivity contribution in [2.75, 3.05) is 10.6 Å². The number of benzene rings is 3. The van der Waals surface area contributed by atoms with E-state index < -0.39 is 29.0 Å². The molecule has 0 aromatic heterocycles. The van der Waals surface area contributed by atoms with Crippen LogP contribution in [0.5, 0.6) is 0 Å². The van der Waals surface area contributed by atoms with Gasteiger partial charge in [0, 0.05) is 16.8 Å². The number of rotatable bonds is 4. The Bertz CT molecular complexity index is 1100. The first kappa shape index (κ1) is 20.1. The van der Waals surface area contributed by atoms with Crippen LogP contribution in [0.3, 0.4) is 0 Å². The van der Waals surface area contributed by atoms with Crippen LogP contribution in [0.25, 0.3) is 0 Å². The Morgan fingerprint density at radius 2 is 1.24 bits per heavy atom. The lowest BCUT2D eigenvalue weighted by molar-refractivity contribution is 0.101. The second kappa shape index (κ2) is 8.18. The fourth-order valence-corrected chi connectivity index (χ4v) is 2.67. The Hall–Kier alpha value is -3.61. The van der Waals surface area contributed by atoms with Gasteiger partial charge in [0.15, 0.2) is 17.5 Å². The quantitative estimate of drug-likeness (QED) is 0.592. The average molecular weight is 398 g/mol. The second-order valence-electron chi connectivity index (χ2n) is 6.46. The van der Waals surface area contributed by atoms with Gasteiger partial charge in [0.1, 0.15) is 0 Å². The number of nitrogens with one attached hydrogen (secondary N) is 2. The van der Waals surface area contributed by atoms with Crippen molar-refractivity contribution in [1.82, 2.24) is 0 Å². The van der Waals surface area contributed by atoms with Crippen molar-refractivity contribution < 1.29 is 22.8 Å². The van der Waals surface area contributed by atoms with Crippen molar-refractivity contribution in [3.63, 3.8) is 0 Å². The molecule has 3 aromatic carbocycles. The molecule has 0 saturated carbocycles. The Morgan fingerprint density at radius 1 is 0.690 bits per heavy atom. The maximum atomic E-state index is 13.7. The van der Waals surface area contributed by atoms with Crippen LogP contribution in [0, 0.1) is 31.3 Å². The third kappa shape index (κ3) is 4.29. The molecule has 148 valence electrons. The lowest BCUT2D eigenvalue weighted by Gasteiger charge is -2.11. The highest BCUT2D eigenvalue weighted by atomic mass is 19.2. The van der Waals surface area contributed by atoms with Crippen LogP contribution in [0.1, 0.15) is 31.8 Å². The van der Waals surface area contributed by atoms with E-state index in [1.54, 1.807) is 6.07 Å². The van der Waals surface area contributed by atoms with E-state index in [1.165, 1.54) is 24.3 Å². The summed E-state index contributed by atoms with van der Waals surface area (Å²) in [5, 5.41) is 4.98. The fraction of sp³-hybridized carbons (Fsp3) is 0.0909. The Labute approximate surface area is 165 Å². The van der Waals surface area contributed by atoms with Gasteiger partial charge in [-0.15, -0.1) is 0 Å². The molecule has 0 radical (unpaired) electrons. The molecule has 3 rings (SSSR count). The van der Waals surface area contributed by atoms with Crippen LogP contribution in [-0.2, 0) is 0 Å². The lowest BCUT2D eigenvalue weighted by atomic mass is 10.1. The number of carbonyl (C=O) groups excluding carboxylic acids is 2. The van der Waals surface area contributed by atoms with Crippen LogP contribution < -0.4 is 10.6 Å². The molecule has 0 fully saturated rings. The van der Waals surface area contributed by atoms with Gasteiger partial charge >= 0.3 is 0 Å². The van der Waals surface area contributed by atoms with Gasteiger partial charge < -0.3 is 10.6 Å². The first-order valence-corrected chi connectivity index (χ1v) is 8.70. The molecule has 29 heavy (non-hydrogen) atoms. The zero-order valence-corrected chi connectivity index (χ0v) is 15.6. The van der Waals surface area contributed by atoms with Crippen LogP contribution in [0.4, 0.5) is 24.5 Å². The molecule has 0 heterocycles. The number of aryl methyl sites for hydroxylation is 1. The summed E-state index contributed by atoms with van der Waals surface area (Å²) in [7, 11) is 0. The van der Waals surface area contributed by atoms with Gasteiger partial charge in [0.25, 0.3) is 11.8 Å². The molecule has 0 aliphatic carbocycles. The maximum absolute atomic E-state index is 13.7. The van der Waals surface area contributed by atoms with Crippen molar-refractivity contribution >= 4 is 23.2 Å². The summed E-state index contributed by atoms with van der Waals surface area (Å²) in [5.41, 5.74) is 2.64. The molecule has 7 heteroatoms. The molecule has 0 saturated heterocycles. The number of anilines is 2. The third-order valence-electron chi connectivity index (χ3n) is 4.55. The van der Waals surface area contributed by atoms with Crippen LogP contribution in [-0.4, -0.2) is 11.8 Å². The van der Waals surface area contributed by atoms with Gasteiger partial charge in [-0.3, -0.25) is 9.59 Å². The molecule has 0 aliphatic rings. The summed E-state index contributed by atoms with van der Waals surface area (Å²) in [6, 6.07) is 12.9. The molecular weight excluding hydrogens is 381 g/mol. The molecule has 4 nitrogen and oxygen atoms in total. The first-order valence-electron chi connectivity index (χ1n) is 8.70. The summed E-state index contributed by atoms with van der Waals surface area (Å²) >= 11 is 0. The minimum Gasteiger partial charge on any atom is -0.322 e. The topological polar surface area (TPSA) is 58.2 Å². The number of hydrogen-bond donors (Lipinski definition) is 2. The van der Waals surface area contributed by atoms with E-state index in [4.69, 9.17) is 0 Å². The zero-order chi connectivity index (χ0) is 21.1. The van der Waals surface area contributed by atoms with Crippen molar-refractivity contribution in [2.24, 2.45) is 0 Å². The van der Waals surface area contributed by atoms with Crippen molar-refractivity contribution in [3.05, 3.63) is 94.3 Å². The molecule has 2 amide bonds. The molecule has 0 bridgehead atoms. The van der Waals surface area contributed by atoms with Gasteiger partial charge in [-0.2, -0.15) is 0 Å². The Balaban J connectivity index is 1.72. The van der Waals surface area contributed by atoms with E-state index >= 15 is 0 Å². The highest BCUT2D eigenvalue weighted by Gasteiger charge is 2.16. The largest absolute Gasteiger partial charge is 0.322 e. The standard InChI is InChI=1S/C22H17F3N2O2/c1-12-4-3-5-17(13(12)2)26-21(28)14-6-8-15(9-7-14)22(29)27-18-11-10-16(23)19(24)20(18)25/h3-11H,1-2H3,(H,26,28)(H,27,29). The fourth-order valence-electron chi connectivity index (χ4n) is 2.67. The minimum atomic E-state index is -1.67. The Kier molecular flexibility index (Phi) is 5.68. The number of amides is 2. The molecule has 0 spiro atoms. The van der Waals surface area contributed by atoms with Gasteiger partial charge in [0.05, 0.1) is 5.69 Å². The summed E-state index contributed by atoms with van der Waals surface area (Å²) < 4.78 is 39.9. The van der Waals surface area contributed by atoms with Crippen LogP contribution >= 0.6 is 0 Å². The van der Waals surface area contributed by atoms with Gasteiger partial charge in [0.2, 0.25) is 0 Å². The summed E-state index contributed by atoms with van der Waals surface area (Å²) in [5.74, 6) is -5.57. The first-order chi connectivity index (χ1) is 13.8. The second-order valence-corrected chi connectivity index (χ2v) is 6.46. The minimum absolute atomic E-state index is 0.123. The predicted molar refractivity (Wildman–Crippen MR) is 105 cm³/mol. The van der Waals surface area contributed by atoms with Gasteiger partial charge in [-0.25, -0.2) is 13.2 Å². The molecule has 3 aromatic rings. The maximum Gasteiger partial charge on any atom is 0.255 e. The van der Waals surface area contributed by atoms with E-state index in [2.05, 4.69) is 10.6 Å². The van der Waals surface area contributed by atoms with Crippen LogP contribution in [0.2, 0.25) is 0 Å². The predicted octanol–water partition coefficient (Wildman–Crippen LogP) is 5.23. The van der Waals surface area contributed by atoms with E-state index in [0.29, 0.717) is 11.3 Å². The van der Waals surface area contributed by atoms with E-state index in [1.807, 2.05) is 26.0 Å². The third-order valence-corrected chi connectivity index (χ3v) is 4.55. The number of hydrogen-bond acceptors (Lipinski definition) is 2. The highest BCUT2D eigenvalue weighted by molar-refractivity contribution is 6.07. The Morgan fingerprint density at radius 3 is 1.83 bits per heavy atom. The van der Waals surface area contributed by atoms with Gasteiger partial charge in [-0.1, -0.05) is 12.1 Å². The van der Waals surface area contributed by atoms with Crippen LogP contribution in [0.15, 0.2) is 54.6 Å². The number of carbonyl (C=O) groups is 2. The zero-order valence-electron chi connectivity index (χ0n) is 15.6. The average Bonchev–Trinajstić information content (AvgIpc) is 2.72. The van der Waals surface area contributed by atoms with Gasteiger partial charge in [-0.05, 0) is 67.4 Å². The summed E-state index contributed by atoms with van der Waals surface area (Å²) in [4.78, 5) is 24.6. The van der Waals surface area contributed by atoms with Crippen molar-refractivity contribution in [1.29, 1.82) is 0 Å². The molecule has 0 aliphatic heterocycles. The molecule has 2 N–H and O–H groups in total. The normalized spacial score (nSPS) is 10.5. The van der Waals surface area contributed by atoms with Crippen molar-refractivity contribution in [3.8, 4) is 0 Å².